The summed E-state index contributed by atoms with van der Waals surface area (Å²) in [6.45, 7) is 4.10. The van der Waals surface area contributed by atoms with E-state index in [0.29, 0.717) is 5.82 Å². The Balaban J connectivity index is 0.000000178. The smallest absolute Gasteiger partial charge is 0.150 e. The second kappa shape index (κ2) is 13.6. The van der Waals surface area contributed by atoms with Crippen LogP contribution in [-0.2, 0) is 6.42 Å². The van der Waals surface area contributed by atoms with Gasteiger partial charge in [0.05, 0.1) is 33.8 Å². The summed E-state index contributed by atoms with van der Waals surface area (Å²) in [7, 11) is 0. The van der Waals surface area contributed by atoms with Gasteiger partial charge in [-0.05, 0) is 60.9 Å². The number of rotatable bonds is 6. The molecule has 7 rings (SSSR count). The van der Waals surface area contributed by atoms with E-state index < -0.39 is 0 Å². The molecule has 7 aromatic rings. The second-order valence-corrected chi connectivity index (χ2v) is 10.5. The van der Waals surface area contributed by atoms with Gasteiger partial charge < -0.3 is 11.1 Å². The zero-order chi connectivity index (χ0) is 31.9. The maximum Gasteiger partial charge on any atom is 0.150 e. The average molecular weight is 602 g/mol. The number of aromatic nitrogens is 6. The molecule has 0 fully saturated rings. The molecule has 224 valence electrons. The fraction of sp³-hybridized carbons (Fsp3) is 0.108. The van der Waals surface area contributed by atoms with E-state index in [2.05, 4.69) is 68.6 Å². The molecule has 0 amide bonds. The summed E-state index contributed by atoms with van der Waals surface area (Å²) in [5.74, 6) is 0.528. The van der Waals surface area contributed by atoms with Crippen molar-refractivity contribution in [3.05, 3.63) is 133 Å². The maximum atomic E-state index is 9.38. The van der Waals surface area contributed by atoms with E-state index in [-0.39, 0.29) is 17.4 Å². The van der Waals surface area contributed by atoms with Crippen LogP contribution >= 0.6 is 0 Å². The fourth-order valence-electron chi connectivity index (χ4n) is 5.26. The van der Waals surface area contributed by atoms with Crippen molar-refractivity contribution in [2.24, 2.45) is 0 Å². The lowest BCUT2D eigenvalue weighted by atomic mass is 9.99. The molecule has 0 saturated carbocycles. The van der Waals surface area contributed by atoms with Crippen molar-refractivity contribution in [3.8, 4) is 28.3 Å². The molecule has 0 aliphatic rings. The van der Waals surface area contributed by atoms with Crippen molar-refractivity contribution in [1.29, 1.82) is 5.26 Å². The molecule has 0 aliphatic carbocycles. The van der Waals surface area contributed by atoms with Crippen LogP contribution in [0.2, 0.25) is 0 Å². The Kier molecular flexibility index (Phi) is 8.79. The summed E-state index contributed by atoms with van der Waals surface area (Å²) >= 11 is 0. The molecule has 9 nitrogen and oxygen atoms in total. The molecular formula is C37H31N9. The number of anilines is 2. The maximum absolute atomic E-state index is 9.38. The van der Waals surface area contributed by atoms with E-state index in [9.17, 15) is 5.26 Å². The normalized spacial score (nSPS) is 11.3. The number of pyridine rings is 4. The molecule has 9 heteroatoms. The SMILES string of the molecule is CCc1nc2cccnc2cc1-c1ccccc1.C[C@H](Nc1ncnc(N)c1C#N)c1nc2cccnc2cc1-c1ccccc1. The number of nitriles is 1. The summed E-state index contributed by atoms with van der Waals surface area (Å²) in [6, 6.07) is 34.1. The lowest BCUT2D eigenvalue weighted by Gasteiger charge is -2.19. The number of nitrogens with one attached hydrogen (secondary N) is 1. The Labute approximate surface area is 266 Å². The number of nitrogen functional groups attached to an aromatic ring is 1. The lowest BCUT2D eigenvalue weighted by molar-refractivity contribution is 0.838. The van der Waals surface area contributed by atoms with Gasteiger partial charge in [-0.1, -0.05) is 67.6 Å². The average Bonchev–Trinajstić information content (AvgIpc) is 3.11. The van der Waals surface area contributed by atoms with Gasteiger partial charge in [0.1, 0.15) is 29.6 Å². The van der Waals surface area contributed by atoms with Gasteiger partial charge in [0.25, 0.3) is 0 Å². The van der Waals surface area contributed by atoms with Gasteiger partial charge in [0.15, 0.2) is 0 Å². The molecule has 1 atom stereocenters. The number of nitrogens with two attached hydrogens (primary N) is 1. The molecule has 0 saturated heterocycles. The van der Waals surface area contributed by atoms with Crippen molar-refractivity contribution >= 4 is 33.7 Å². The minimum atomic E-state index is -0.235. The standard InChI is InChI=1S/C21H17N7.C16H14N2/c1-13(27-21-16(11-22)20(23)25-12-26-21)19-15(14-6-3-2-4-7-14)10-18-17(28-19)8-5-9-24-18;1-2-14-13(12-7-4-3-5-8-12)11-16-15(18-14)9-6-10-17-16/h2-10,12-13H,1H3,(H3,23,25,26,27);3-11H,2H2,1H3/t13-;/m0./s1. The van der Waals surface area contributed by atoms with Gasteiger partial charge in [0.2, 0.25) is 0 Å². The van der Waals surface area contributed by atoms with Gasteiger partial charge in [-0.15, -0.1) is 0 Å². The first-order chi connectivity index (χ1) is 22.6. The van der Waals surface area contributed by atoms with Crippen molar-refractivity contribution in [2.75, 3.05) is 11.1 Å². The van der Waals surface area contributed by atoms with Crippen LogP contribution in [-0.4, -0.2) is 29.9 Å². The van der Waals surface area contributed by atoms with E-state index >= 15 is 0 Å². The second-order valence-electron chi connectivity index (χ2n) is 10.5. The number of fused-ring (bicyclic) bond motifs is 2. The number of hydrogen-bond donors (Lipinski definition) is 2. The molecule has 0 unspecified atom stereocenters. The Hall–Kier alpha value is -6.27. The van der Waals surface area contributed by atoms with Crippen LogP contribution in [0.3, 0.4) is 0 Å². The number of benzene rings is 2. The first kappa shape index (κ1) is 29.8. The predicted molar refractivity (Wildman–Crippen MR) is 183 cm³/mol. The highest BCUT2D eigenvalue weighted by molar-refractivity contribution is 5.83. The molecule has 0 spiro atoms. The molecule has 3 N–H and O–H groups in total. The molecule has 0 radical (unpaired) electrons. The van der Waals surface area contributed by atoms with Crippen LogP contribution in [0.15, 0.2) is 116 Å². The Morgan fingerprint density at radius 2 is 1.30 bits per heavy atom. The van der Waals surface area contributed by atoms with Crippen LogP contribution in [0.1, 0.15) is 36.8 Å². The van der Waals surface area contributed by atoms with Gasteiger partial charge in [0, 0.05) is 29.2 Å². The highest BCUT2D eigenvalue weighted by Gasteiger charge is 2.18. The highest BCUT2D eigenvalue weighted by atomic mass is 15.1. The van der Waals surface area contributed by atoms with Gasteiger partial charge >= 0.3 is 0 Å². The number of hydrogen-bond acceptors (Lipinski definition) is 9. The topological polar surface area (TPSA) is 139 Å². The largest absolute Gasteiger partial charge is 0.382 e. The van der Waals surface area contributed by atoms with Crippen molar-refractivity contribution in [3.63, 3.8) is 0 Å². The first-order valence-corrected chi connectivity index (χ1v) is 14.9. The van der Waals surface area contributed by atoms with Crippen LogP contribution in [0.5, 0.6) is 0 Å². The molecule has 46 heavy (non-hydrogen) atoms. The Bertz CT molecular complexity index is 2160. The zero-order valence-corrected chi connectivity index (χ0v) is 25.5. The van der Waals surface area contributed by atoms with Crippen molar-refractivity contribution < 1.29 is 0 Å². The van der Waals surface area contributed by atoms with E-state index in [1.807, 2.05) is 79.9 Å². The molecule has 0 bridgehead atoms. The minimum absolute atomic E-state index is 0.145. The number of nitrogens with zero attached hydrogens (tertiary/aromatic N) is 7. The third-order valence-electron chi connectivity index (χ3n) is 7.53. The summed E-state index contributed by atoms with van der Waals surface area (Å²) in [5, 5.41) is 12.6. The van der Waals surface area contributed by atoms with E-state index in [1.54, 1.807) is 6.20 Å². The van der Waals surface area contributed by atoms with Crippen LogP contribution in [0.4, 0.5) is 11.6 Å². The predicted octanol–water partition coefficient (Wildman–Crippen LogP) is 7.57. The van der Waals surface area contributed by atoms with Crippen molar-refractivity contribution in [1.82, 2.24) is 29.9 Å². The van der Waals surface area contributed by atoms with Gasteiger partial charge in [-0.3, -0.25) is 15.0 Å². The zero-order valence-electron chi connectivity index (χ0n) is 25.5. The van der Waals surface area contributed by atoms with Gasteiger partial charge in [-0.25, -0.2) is 15.0 Å². The molecule has 2 aromatic carbocycles. The number of aryl methyl sites for hydroxylation is 1. The summed E-state index contributed by atoms with van der Waals surface area (Å²) in [4.78, 5) is 26.4. The Morgan fingerprint density at radius 3 is 1.91 bits per heavy atom. The third-order valence-corrected chi connectivity index (χ3v) is 7.53. The first-order valence-electron chi connectivity index (χ1n) is 14.9. The molecule has 0 aliphatic heterocycles. The highest BCUT2D eigenvalue weighted by Crippen LogP contribution is 2.32. The van der Waals surface area contributed by atoms with E-state index in [4.69, 9.17) is 15.7 Å². The van der Waals surface area contributed by atoms with Crippen LogP contribution in [0, 0.1) is 11.3 Å². The minimum Gasteiger partial charge on any atom is -0.382 e. The summed E-state index contributed by atoms with van der Waals surface area (Å²) < 4.78 is 0. The van der Waals surface area contributed by atoms with Crippen LogP contribution < -0.4 is 11.1 Å². The quantitative estimate of drug-likeness (QED) is 0.197. The van der Waals surface area contributed by atoms with E-state index in [0.717, 1.165) is 51.0 Å². The third kappa shape index (κ3) is 6.32. The van der Waals surface area contributed by atoms with Crippen LogP contribution in [0.25, 0.3) is 44.3 Å². The fourth-order valence-corrected chi connectivity index (χ4v) is 5.26. The van der Waals surface area contributed by atoms with Gasteiger partial charge in [-0.2, -0.15) is 5.26 Å². The molecule has 5 aromatic heterocycles. The van der Waals surface area contributed by atoms with Crippen molar-refractivity contribution in [2.45, 2.75) is 26.3 Å². The molecule has 5 heterocycles. The summed E-state index contributed by atoms with van der Waals surface area (Å²) in [5.41, 5.74) is 15.9. The molecular weight excluding hydrogens is 570 g/mol. The lowest BCUT2D eigenvalue weighted by Crippen LogP contribution is -2.13. The summed E-state index contributed by atoms with van der Waals surface area (Å²) in [6.07, 6.45) is 5.82. The monoisotopic (exact) mass is 601 g/mol. The Morgan fingerprint density at radius 1 is 0.717 bits per heavy atom. The van der Waals surface area contributed by atoms with E-state index in [1.165, 1.54) is 17.5 Å².